The number of ether oxygens (including phenoxy) is 2. The predicted octanol–water partition coefficient (Wildman–Crippen LogP) is 2.34. The number of methoxy groups -OCH3 is 1. The lowest BCUT2D eigenvalue weighted by atomic mass is 10.1. The van der Waals surface area contributed by atoms with E-state index in [1.54, 1.807) is 18.2 Å². The molecule has 0 atom stereocenters. The molecule has 0 saturated carbocycles. The van der Waals surface area contributed by atoms with Crippen molar-refractivity contribution in [3.8, 4) is 0 Å². The summed E-state index contributed by atoms with van der Waals surface area (Å²) in [5.74, 6) is -1.11. The lowest BCUT2D eigenvalue weighted by molar-refractivity contribution is -0.384. The van der Waals surface area contributed by atoms with Crippen LogP contribution in [0.5, 0.6) is 0 Å². The Morgan fingerprint density at radius 3 is 2.58 bits per heavy atom. The molecule has 1 aliphatic rings. The van der Waals surface area contributed by atoms with Crippen molar-refractivity contribution in [1.82, 2.24) is 5.32 Å². The number of amides is 1. The number of nitrogens with zero attached hydrogens (tertiary/aromatic N) is 2. The molecule has 162 valence electrons. The topological polar surface area (TPSA) is 123 Å². The number of carbonyl (C=O) groups excluding carboxylic acids is 2. The minimum atomic E-state index is -0.599. The van der Waals surface area contributed by atoms with Crippen LogP contribution < -0.4 is 15.5 Å². The van der Waals surface area contributed by atoms with E-state index in [0.717, 1.165) is 11.8 Å². The summed E-state index contributed by atoms with van der Waals surface area (Å²) >= 11 is 5.26. The summed E-state index contributed by atoms with van der Waals surface area (Å²) in [4.78, 5) is 36.8. The number of nitro benzene ring substituents is 1. The van der Waals surface area contributed by atoms with Gasteiger partial charge in [0.2, 0.25) is 0 Å². The smallest absolute Gasteiger partial charge is 0.337 e. The van der Waals surface area contributed by atoms with Crippen LogP contribution in [0.3, 0.4) is 0 Å². The van der Waals surface area contributed by atoms with E-state index in [2.05, 4.69) is 15.5 Å². The molecular formula is C20H20N4O6S. The first-order valence-electron chi connectivity index (χ1n) is 9.31. The number of nitrogens with one attached hydrogen (secondary N) is 2. The van der Waals surface area contributed by atoms with E-state index in [1.165, 1.54) is 25.3 Å². The highest BCUT2D eigenvalue weighted by molar-refractivity contribution is 7.80. The number of hydrogen-bond acceptors (Lipinski definition) is 8. The fraction of sp³-hybridized carbons (Fsp3) is 0.250. The second-order valence-electron chi connectivity index (χ2n) is 6.54. The average Bonchev–Trinajstić information content (AvgIpc) is 2.79. The zero-order valence-corrected chi connectivity index (χ0v) is 17.4. The SMILES string of the molecule is COC(=O)c1ccc(N2CCOCC2)c(NC(=S)NC(=O)c2cccc([N+](=O)[O-])c2)c1. The molecule has 2 aromatic carbocycles. The molecule has 10 nitrogen and oxygen atoms in total. The number of nitro groups is 1. The summed E-state index contributed by atoms with van der Waals surface area (Å²) < 4.78 is 10.2. The van der Waals surface area contributed by atoms with E-state index >= 15 is 0 Å². The molecule has 1 heterocycles. The van der Waals surface area contributed by atoms with Crippen molar-refractivity contribution in [1.29, 1.82) is 0 Å². The second kappa shape index (κ2) is 9.96. The average molecular weight is 444 g/mol. The number of anilines is 2. The highest BCUT2D eigenvalue weighted by Gasteiger charge is 2.19. The monoisotopic (exact) mass is 444 g/mol. The van der Waals surface area contributed by atoms with Gasteiger partial charge in [-0.15, -0.1) is 0 Å². The Morgan fingerprint density at radius 2 is 1.90 bits per heavy atom. The van der Waals surface area contributed by atoms with Gasteiger partial charge in [-0.25, -0.2) is 4.79 Å². The molecule has 0 aliphatic carbocycles. The summed E-state index contributed by atoms with van der Waals surface area (Å²) in [6.45, 7) is 2.43. The molecule has 1 aliphatic heterocycles. The van der Waals surface area contributed by atoms with Crippen LogP contribution in [0.4, 0.5) is 17.1 Å². The van der Waals surface area contributed by atoms with Crippen LogP contribution in [0.1, 0.15) is 20.7 Å². The third-order valence-electron chi connectivity index (χ3n) is 4.56. The maximum absolute atomic E-state index is 12.5. The third-order valence-corrected chi connectivity index (χ3v) is 4.77. The van der Waals surface area contributed by atoms with E-state index in [1.807, 2.05) is 0 Å². The Hall–Kier alpha value is -3.57. The van der Waals surface area contributed by atoms with Crippen molar-refractivity contribution >= 4 is 46.3 Å². The highest BCUT2D eigenvalue weighted by Crippen LogP contribution is 2.28. The molecule has 2 aromatic rings. The van der Waals surface area contributed by atoms with Crippen LogP contribution in [0, 0.1) is 10.1 Å². The van der Waals surface area contributed by atoms with Crippen LogP contribution in [0.25, 0.3) is 0 Å². The number of morpholine rings is 1. The Balaban J connectivity index is 1.80. The molecule has 1 amide bonds. The number of carbonyl (C=O) groups is 2. The van der Waals surface area contributed by atoms with Crippen molar-refractivity contribution in [3.63, 3.8) is 0 Å². The lowest BCUT2D eigenvalue weighted by Gasteiger charge is -2.31. The van der Waals surface area contributed by atoms with Gasteiger partial charge < -0.3 is 19.7 Å². The third kappa shape index (κ3) is 5.53. The fourth-order valence-electron chi connectivity index (χ4n) is 3.05. The van der Waals surface area contributed by atoms with E-state index in [4.69, 9.17) is 21.7 Å². The molecule has 0 bridgehead atoms. The zero-order valence-electron chi connectivity index (χ0n) is 16.6. The van der Waals surface area contributed by atoms with Gasteiger partial charge in [-0.1, -0.05) is 6.07 Å². The highest BCUT2D eigenvalue weighted by atomic mass is 32.1. The van der Waals surface area contributed by atoms with Crippen molar-refractivity contribution in [3.05, 3.63) is 63.7 Å². The minimum Gasteiger partial charge on any atom is -0.465 e. The largest absolute Gasteiger partial charge is 0.465 e. The van der Waals surface area contributed by atoms with Gasteiger partial charge in [0.05, 0.1) is 42.2 Å². The van der Waals surface area contributed by atoms with Crippen molar-refractivity contribution in [2.75, 3.05) is 43.6 Å². The van der Waals surface area contributed by atoms with Crippen molar-refractivity contribution in [2.24, 2.45) is 0 Å². The molecular weight excluding hydrogens is 424 g/mol. The number of benzene rings is 2. The van der Waals surface area contributed by atoms with Crippen LogP contribution in [0.2, 0.25) is 0 Å². The summed E-state index contributed by atoms with van der Waals surface area (Å²) in [5, 5.41) is 16.3. The van der Waals surface area contributed by atoms with Gasteiger partial charge in [-0.2, -0.15) is 0 Å². The number of esters is 1. The standard InChI is InChI=1S/C20H20N4O6S/c1-29-19(26)14-5-6-17(23-7-9-30-10-8-23)16(12-14)21-20(31)22-18(25)13-3-2-4-15(11-13)24(27)28/h2-6,11-12H,7-10H2,1H3,(H2,21,22,25,31). The quantitative estimate of drug-likeness (QED) is 0.310. The molecule has 3 rings (SSSR count). The van der Waals surface area contributed by atoms with Gasteiger partial charge in [0, 0.05) is 30.8 Å². The molecule has 0 unspecified atom stereocenters. The van der Waals surface area contributed by atoms with Crippen LogP contribution in [0.15, 0.2) is 42.5 Å². The van der Waals surface area contributed by atoms with Gasteiger partial charge in [-0.05, 0) is 36.5 Å². The minimum absolute atomic E-state index is 0.0203. The summed E-state index contributed by atoms with van der Waals surface area (Å²) in [5.41, 5.74) is 1.49. The predicted molar refractivity (Wildman–Crippen MR) is 118 cm³/mol. The maximum Gasteiger partial charge on any atom is 0.337 e. The van der Waals surface area contributed by atoms with Gasteiger partial charge in [0.25, 0.3) is 11.6 Å². The first-order chi connectivity index (χ1) is 14.9. The number of thiocarbonyl (C=S) groups is 1. The Bertz CT molecular complexity index is 1020. The van der Waals surface area contributed by atoms with Crippen LogP contribution in [-0.2, 0) is 9.47 Å². The molecule has 1 saturated heterocycles. The Labute approximate surface area is 183 Å². The van der Waals surface area contributed by atoms with Gasteiger partial charge in [0.1, 0.15) is 0 Å². The molecule has 0 spiro atoms. The number of rotatable bonds is 5. The van der Waals surface area contributed by atoms with Gasteiger partial charge >= 0.3 is 5.97 Å². The fourth-order valence-corrected chi connectivity index (χ4v) is 3.25. The van der Waals surface area contributed by atoms with Crippen molar-refractivity contribution in [2.45, 2.75) is 0 Å². The van der Waals surface area contributed by atoms with Crippen molar-refractivity contribution < 1.29 is 24.0 Å². The molecule has 1 fully saturated rings. The van der Waals surface area contributed by atoms with E-state index in [0.29, 0.717) is 37.6 Å². The lowest BCUT2D eigenvalue weighted by Crippen LogP contribution is -2.38. The van der Waals surface area contributed by atoms with E-state index < -0.39 is 16.8 Å². The first-order valence-corrected chi connectivity index (χ1v) is 9.71. The van der Waals surface area contributed by atoms with Crippen LogP contribution in [-0.4, -0.2) is 55.3 Å². The molecule has 11 heteroatoms. The maximum atomic E-state index is 12.5. The Kier molecular flexibility index (Phi) is 7.11. The number of non-ortho nitro benzene ring substituents is 1. The second-order valence-corrected chi connectivity index (χ2v) is 6.95. The van der Waals surface area contributed by atoms with E-state index in [9.17, 15) is 19.7 Å². The number of hydrogen-bond donors (Lipinski definition) is 2. The van der Waals surface area contributed by atoms with E-state index in [-0.39, 0.29) is 16.4 Å². The van der Waals surface area contributed by atoms with Crippen LogP contribution >= 0.6 is 12.2 Å². The molecule has 31 heavy (non-hydrogen) atoms. The summed E-state index contributed by atoms with van der Waals surface area (Å²) in [6.07, 6.45) is 0. The zero-order chi connectivity index (χ0) is 22.4. The van der Waals surface area contributed by atoms with Gasteiger partial charge in [-0.3, -0.25) is 20.2 Å². The molecule has 2 N–H and O–H groups in total. The Morgan fingerprint density at radius 1 is 1.16 bits per heavy atom. The van der Waals surface area contributed by atoms with Gasteiger partial charge in [0.15, 0.2) is 5.11 Å². The molecule has 0 radical (unpaired) electrons. The first kappa shape index (κ1) is 22.1. The summed E-state index contributed by atoms with van der Waals surface area (Å²) in [7, 11) is 1.29. The molecule has 0 aromatic heterocycles. The normalized spacial score (nSPS) is 13.3. The summed E-state index contributed by atoms with van der Waals surface area (Å²) in [6, 6.07) is 10.3.